The van der Waals surface area contributed by atoms with Crippen molar-refractivity contribution in [3.63, 3.8) is 0 Å². The van der Waals surface area contributed by atoms with Crippen LogP contribution in [0.2, 0.25) is 5.02 Å². The highest BCUT2D eigenvalue weighted by Gasteiger charge is 2.09. The Kier molecular flexibility index (Phi) is 6.74. The quantitative estimate of drug-likeness (QED) is 0.506. The first kappa shape index (κ1) is 20.0. The van der Waals surface area contributed by atoms with Gasteiger partial charge in [0.05, 0.1) is 5.69 Å². The molecule has 3 aromatic carbocycles. The third-order valence-corrected chi connectivity index (χ3v) is 5.17. The molecule has 28 heavy (non-hydrogen) atoms. The minimum atomic E-state index is -0.264. The van der Waals surface area contributed by atoms with E-state index in [1.54, 1.807) is 24.3 Å². The van der Waals surface area contributed by atoms with Gasteiger partial charge in [0.15, 0.2) is 12.4 Å². The number of hydrogen-bond acceptors (Lipinski definition) is 4. The van der Waals surface area contributed by atoms with Crippen LogP contribution in [0, 0.1) is 0 Å². The largest absolute Gasteiger partial charge is 0.484 e. The molecule has 0 aliphatic heterocycles. The molecule has 0 heterocycles. The number of rotatable bonds is 7. The molecule has 0 bridgehead atoms. The van der Waals surface area contributed by atoms with Crippen molar-refractivity contribution in [1.29, 1.82) is 0 Å². The molecule has 0 saturated heterocycles. The Morgan fingerprint density at radius 1 is 0.964 bits per heavy atom. The highest BCUT2D eigenvalue weighted by molar-refractivity contribution is 7.99. The van der Waals surface area contributed by atoms with Crippen LogP contribution in [0.15, 0.2) is 82.6 Å². The SMILES string of the molecule is CC(=O)c1ccc(OCC(=O)Nc2ccccc2Sc2ccc(Cl)cc2)cc1. The Hall–Kier alpha value is -2.76. The summed E-state index contributed by atoms with van der Waals surface area (Å²) in [6, 6.07) is 21.8. The molecule has 0 radical (unpaired) electrons. The summed E-state index contributed by atoms with van der Waals surface area (Å²) in [6.45, 7) is 1.38. The maximum Gasteiger partial charge on any atom is 0.262 e. The van der Waals surface area contributed by atoms with Crippen molar-refractivity contribution in [3.05, 3.63) is 83.4 Å². The van der Waals surface area contributed by atoms with Gasteiger partial charge in [0.1, 0.15) is 5.75 Å². The molecule has 142 valence electrons. The van der Waals surface area contributed by atoms with Gasteiger partial charge in [0.25, 0.3) is 5.91 Å². The third-order valence-electron chi connectivity index (χ3n) is 3.83. The molecule has 4 nitrogen and oxygen atoms in total. The number of halogens is 1. The summed E-state index contributed by atoms with van der Waals surface area (Å²) in [6.07, 6.45) is 0. The summed E-state index contributed by atoms with van der Waals surface area (Å²) in [5, 5.41) is 3.56. The van der Waals surface area contributed by atoms with Crippen LogP contribution in [-0.2, 0) is 4.79 Å². The van der Waals surface area contributed by atoms with Crippen molar-refractivity contribution in [2.24, 2.45) is 0 Å². The van der Waals surface area contributed by atoms with Gasteiger partial charge in [-0.05, 0) is 67.6 Å². The lowest BCUT2D eigenvalue weighted by molar-refractivity contribution is -0.118. The van der Waals surface area contributed by atoms with Gasteiger partial charge in [0, 0.05) is 20.4 Å². The second kappa shape index (κ2) is 9.44. The van der Waals surface area contributed by atoms with E-state index >= 15 is 0 Å². The molecular weight excluding hydrogens is 394 g/mol. The summed E-state index contributed by atoms with van der Waals surface area (Å²) >= 11 is 7.46. The second-order valence-corrected chi connectivity index (χ2v) is 7.52. The molecule has 6 heteroatoms. The highest BCUT2D eigenvalue weighted by atomic mass is 35.5. The van der Waals surface area contributed by atoms with Crippen molar-refractivity contribution in [3.8, 4) is 5.75 Å². The van der Waals surface area contributed by atoms with Crippen LogP contribution in [0.5, 0.6) is 5.75 Å². The van der Waals surface area contributed by atoms with Crippen LogP contribution >= 0.6 is 23.4 Å². The summed E-state index contributed by atoms with van der Waals surface area (Å²) < 4.78 is 5.50. The van der Waals surface area contributed by atoms with Crippen LogP contribution in [0.3, 0.4) is 0 Å². The van der Waals surface area contributed by atoms with Crippen molar-refractivity contribution in [1.82, 2.24) is 0 Å². The van der Waals surface area contributed by atoms with Gasteiger partial charge in [-0.1, -0.05) is 35.5 Å². The molecule has 0 aliphatic rings. The number of para-hydroxylation sites is 1. The van der Waals surface area contributed by atoms with Crippen molar-refractivity contribution >= 4 is 40.7 Å². The molecule has 0 spiro atoms. The molecule has 0 saturated carbocycles. The second-order valence-electron chi connectivity index (χ2n) is 5.97. The van der Waals surface area contributed by atoms with Crippen LogP contribution in [0.4, 0.5) is 5.69 Å². The zero-order valence-electron chi connectivity index (χ0n) is 15.1. The lowest BCUT2D eigenvalue weighted by atomic mass is 10.1. The Balaban J connectivity index is 1.60. The molecule has 3 rings (SSSR count). The summed E-state index contributed by atoms with van der Waals surface area (Å²) in [5.74, 6) is 0.253. The predicted molar refractivity (Wildman–Crippen MR) is 113 cm³/mol. The predicted octanol–water partition coefficient (Wildman–Crippen LogP) is 5.71. The molecule has 0 aromatic heterocycles. The minimum absolute atomic E-state index is 0.0147. The Morgan fingerprint density at radius 3 is 2.32 bits per heavy atom. The maximum absolute atomic E-state index is 12.3. The number of amides is 1. The average molecular weight is 412 g/mol. The van der Waals surface area contributed by atoms with Crippen LogP contribution in [0.1, 0.15) is 17.3 Å². The van der Waals surface area contributed by atoms with Gasteiger partial charge in [-0.3, -0.25) is 9.59 Å². The number of ketones is 1. The molecule has 0 fully saturated rings. The molecule has 0 atom stereocenters. The average Bonchev–Trinajstić information content (AvgIpc) is 2.70. The van der Waals surface area contributed by atoms with E-state index in [1.165, 1.54) is 18.7 Å². The monoisotopic (exact) mass is 411 g/mol. The van der Waals surface area contributed by atoms with Gasteiger partial charge < -0.3 is 10.1 Å². The number of Topliss-reactive ketones (excluding diaryl/α,β-unsaturated/α-hetero) is 1. The van der Waals surface area contributed by atoms with E-state index in [0.29, 0.717) is 22.0 Å². The number of carbonyl (C=O) groups is 2. The summed E-state index contributed by atoms with van der Waals surface area (Å²) in [4.78, 5) is 25.5. The van der Waals surface area contributed by atoms with Gasteiger partial charge in [0.2, 0.25) is 0 Å². The van der Waals surface area contributed by atoms with Crippen LogP contribution < -0.4 is 10.1 Å². The zero-order chi connectivity index (χ0) is 19.9. The Morgan fingerprint density at radius 2 is 1.64 bits per heavy atom. The Bertz CT molecular complexity index is 972. The molecular formula is C22H18ClNO3S. The van der Waals surface area contributed by atoms with Crippen molar-refractivity contribution in [2.45, 2.75) is 16.7 Å². The molecule has 0 unspecified atom stereocenters. The van der Waals surface area contributed by atoms with Gasteiger partial charge >= 0.3 is 0 Å². The van der Waals surface area contributed by atoms with Gasteiger partial charge in [-0.25, -0.2) is 0 Å². The topological polar surface area (TPSA) is 55.4 Å². The normalized spacial score (nSPS) is 10.4. The van der Waals surface area contributed by atoms with E-state index in [-0.39, 0.29) is 18.3 Å². The number of hydrogen-bond donors (Lipinski definition) is 1. The first-order valence-electron chi connectivity index (χ1n) is 8.57. The van der Waals surface area contributed by atoms with Gasteiger partial charge in [-0.2, -0.15) is 0 Å². The van der Waals surface area contributed by atoms with Crippen molar-refractivity contribution < 1.29 is 14.3 Å². The Labute approximate surface area is 172 Å². The van der Waals surface area contributed by atoms with E-state index in [4.69, 9.17) is 16.3 Å². The number of benzene rings is 3. The minimum Gasteiger partial charge on any atom is -0.484 e. The first-order valence-corrected chi connectivity index (χ1v) is 9.77. The fourth-order valence-corrected chi connectivity index (χ4v) is 3.44. The van der Waals surface area contributed by atoms with Crippen LogP contribution in [-0.4, -0.2) is 18.3 Å². The lowest BCUT2D eigenvalue weighted by Gasteiger charge is -2.11. The maximum atomic E-state index is 12.3. The number of ether oxygens (including phenoxy) is 1. The lowest BCUT2D eigenvalue weighted by Crippen LogP contribution is -2.20. The fourth-order valence-electron chi connectivity index (χ4n) is 2.41. The number of nitrogens with one attached hydrogen (secondary N) is 1. The van der Waals surface area contributed by atoms with E-state index in [0.717, 1.165) is 9.79 Å². The fraction of sp³-hybridized carbons (Fsp3) is 0.0909. The number of anilines is 1. The molecule has 1 amide bonds. The van der Waals surface area contributed by atoms with E-state index < -0.39 is 0 Å². The number of carbonyl (C=O) groups excluding carboxylic acids is 2. The molecule has 0 aliphatic carbocycles. The first-order chi connectivity index (χ1) is 13.5. The molecule has 1 N–H and O–H groups in total. The summed E-state index contributed by atoms with van der Waals surface area (Å²) in [7, 11) is 0. The van der Waals surface area contributed by atoms with E-state index in [2.05, 4.69) is 5.32 Å². The standard InChI is InChI=1S/C22H18ClNO3S/c1-15(25)16-6-10-18(11-7-16)27-14-22(26)24-20-4-2-3-5-21(20)28-19-12-8-17(23)9-13-19/h2-13H,14H2,1H3,(H,24,26). The third kappa shape index (κ3) is 5.62. The zero-order valence-corrected chi connectivity index (χ0v) is 16.7. The van der Waals surface area contributed by atoms with E-state index in [9.17, 15) is 9.59 Å². The van der Waals surface area contributed by atoms with Gasteiger partial charge in [-0.15, -0.1) is 0 Å². The smallest absolute Gasteiger partial charge is 0.262 e. The van der Waals surface area contributed by atoms with E-state index in [1.807, 2.05) is 48.5 Å². The summed E-state index contributed by atoms with van der Waals surface area (Å²) in [5.41, 5.74) is 1.31. The van der Waals surface area contributed by atoms with Crippen LogP contribution in [0.25, 0.3) is 0 Å². The van der Waals surface area contributed by atoms with Crippen molar-refractivity contribution in [2.75, 3.05) is 11.9 Å². The highest BCUT2D eigenvalue weighted by Crippen LogP contribution is 2.33. The molecule has 3 aromatic rings.